The van der Waals surface area contributed by atoms with Gasteiger partial charge in [0.2, 0.25) is 0 Å². The number of unbranched alkanes of at least 4 members (excludes halogenated alkanes) is 20. The third kappa shape index (κ3) is 63.8. The number of aliphatic hydroxyl groups is 1. The SMILES string of the molecule is CC/C=C\C/C=C\C/C=C\C/C=C\C/C=C\C/C=C\C/C=C\C/C=C\C/C=C\C/C=C\CCCCC(=O)OC(CO)COC(=O)CCCCCCCCCCCCCCCCCCCC/C=C\C/C=C\C/C=C\C/C=C\CC. The fraction of sp³-hybridized carbons (Fsp3) is 0.589. The summed E-state index contributed by atoms with van der Waals surface area (Å²) in [5.41, 5.74) is 0. The molecule has 78 heavy (non-hydrogen) atoms. The van der Waals surface area contributed by atoms with E-state index in [9.17, 15) is 14.7 Å². The summed E-state index contributed by atoms with van der Waals surface area (Å²) in [6.07, 6.45) is 103. The summed E-state index contributed by atoms with van der Waals surface area (Å²) in [7, 11) is 0. The van der Waals surface area contributed by atoms with E-state index in [2.05, 4.69) is 184 Å². The minimum Gasteiger partial charge on any atom is -0.462 e. The predicted molar refractivity (Wildman–Crippen MR) is 343 cm³/mol. The van der Waals surface area contributed by atoms with Crippen molar-refractivity contribution < 1.29 is 24.2 Å². The molecule has 0 spiro atoms. The van der Waals surface area contributed by atoms with E-state index in [1.54, 1.807) is 0 Å². The number of rotatable bonds is 56. The maximum Gasteiger partial charge on any atom is 0.306 e. The van der Waals surface area contributed by atoms with Crippen molar-refractivity contribution >= 4 is 11.9 Å². The number of carbonyl (C=O) groups excluding carboxylic acids is 2. The number of aliphatic hydroxyl groups excluding tert-OH is 1. The van der Waals surface area contributed by atoms with E-state index in [4.69, 9.17) is 9.47 Å². The van der Waals surface area contributed by atoms with E-state index in [1.807, 2.05) is 0 Å². The lowest BCUT2D eigenvalue weighted by Crippen LogP contribution is -2.28. The molecule has 0 amide bonds. The second kappa shape index (κ2) is 66.5. The lowest BCUT2D eigenvalue weighted by atomic mass is 10.0. The molecule has 5 heteroatoms. The standard InChI is InChI=1S/C73H116O5/c1-3-5-7-9-11-13-15-17-19-21-23-25-27-29-31-33-35-36-38-40-42-44-46-48-50-52-54-56-58-60-62-64-66-68-73(76)78-71(69-74)70-77-72(75)67-65-63-61-59-57-55-53-51-49-47-45-43-41-39-37-34-32-30-28-26-24-22-20-18-16-14-12-10-8-6-4-2/h5-8,11-14,17-20,23-26,29,31,35-36,40,42,46,48,52,54,58,60,71,74H,3-4,9-10,15-16,21-22,27-28,30,32-34,37-39,41,43-45,47,49-51,53,55-57,59,61-70H2,1-2H3/b7-5-,8-6-,13-11-,14-12-,19-17-,20-18-,25-23-,26-24-,31-29-,36-35-,42-40-,48-46-,54-52-,60-58-. The summed E-state index contributed by atoms with van der Waals surface area (Å²) in [5.74, 6) is -0.648. The molecule has 0 aliphatic rings. The van der Waals surface area contributed by atoms with Crippen LogP contribution in [0.15, 0.2) is 170 Å². The van der Waals surface area contributed by atoms with Crippen molar-refractivity contribution in [3.63, 3.8) is 0 Å². The molecule has 438 valence electrons. The number of allylic oxidation sites excluding steroid dienone is 28. The maximum absolute atomic E-state index is 12.3. The smallest absolute Gasteiger partial charge is 0.306 e. The Hall–Kier alpha value is -4.74. The van der Waals surface area contributed by atoms with E-state index in [-0.39, 0.29) is 31.6 Å². The first-order chi connectivity index (χ1) is 38.6. The molecular weight excluding hydrogens is 957 g/mol. The topological polar surface area (TPSA) is 72.8 Å². The van der Waals surface area contributed by atoms with Gasteiger partial charge in [-0.05, 0) is 128 Å². The summed E-state index contributed by atoms with van der Waals surface area (Å²) in [6.45, 7) is 3.88. The molecule has 0 rings (SSSR count). The molecule has 5 nitrogen and oxygen atoms in total. The Kier molecular flexibility index (Phi) is 62.5. The highest BCUT2D eigenvalue weighted by molar-refractivity contribution is 5.70. The Morgan fingerprint density at radius 3 is 0.795 bits per heavy atom. The quantitative estimate of drug-likeness (QED) is 0.0373. The Morgan fingerprint density at radius 2 is 0.513 bits per heavy atom. The molecule has 0 aromatic carbocycles. The summed E-state index contributed by atoms with van der Waals surface area (Å²) in [4.78, 5) is 24.6. The van der Waals surface area contributed by atoms with Crippen LogP contribution in [0.1, 0.15) is 258 Å². The van der Waals surface area contributed by atoms with Crippen molar-refractivity contribution in [2.45, 2.75) is 264 Å². The molecule has 0 aromatic heterocycles. The Balaban J connectivity index is 3.61. The van der Waals surface area contributed by atoms with Gasteiger partial charge in [0.15, 0.2) is 6.10 Å². The van der Waals surface area contributed by atoms with Gasteiger partial charge in [0, 0.05) is 12.8 Å². The zero-order valence-electron chi connectivity index (χ0n) is 50.1. The van der Waals surface area contributed by atoms with Gasteiger partial charge in [0.05, 0.1) is 6.61 Å². The van der Waals surface area contributed by atoms with Crippen LogP contribution in [-0.2, 0) is 19.1 Å². The van der Waals surface area contributed by atoms with Gasteiger partial charge in [-0.15, -0.1) is 0 Å². The van der Waals surface area contributed by atoms with Crippen LogP contribution in [0.25, 0.3) is 0 Å². The fourth-order valence-electron chi connectivity index (χ4n) is 8.34. The van der Waals surface area contributed by atoms with Crippen molar-refractivity contribution in [2.24, 2.45) is 0 Å². The van der Waals surface area contributed by atoms with Crippen LogP contribution in [0, 0.1) is 0 Å². The summed E-state index contributed by atoms with van der Waals surface area (Å²) < 4.78 is 10.7. The molecule has 1 atom stereocenters. The number of hydrogen-bond acceptors (Lipinski definition) is 5. The van der Waals surface area contributed by atoms with Crippen molar-refractivity contribution in [3.05, 3.63) is 170 Å². The summed E-state index contributed by atoms with van der Waals surface area (Å²) in [6, 6.07) is 0. The molecule has 0 aromatic rings. The van der Waals surface area contributed by atoms with Crippen LogP contribution in [0.3, 0.4) is 0 Å². The Bertz CT molecular complexity index is 1740. The number of carbonyl (C=O) groups is 2. The van der Waals surface area contributed by atoms with Crippen LogP contribution in [0.5, 0.6) is 0 Å². The normalized spacial score (nSPS) is 13.4. The molecule has 0 aliphatic carbocycles. The lowest BCUT2D eigenvalue weighted by Gasteiger charge is -2.15. The van der Waals surface area contributed by atoms with Crippen LogP contribution < -0.4 is 0 Å². The largest absolute Gasteiger partial charge is 0.462 e. The average molecular weight is 1070 g/mol. The number of ether oxygens (including phenoxy) is 2. The molecule has 1 N–H and O–H groups in total. The van der Waals surface area contributed by atoms with Gasteiger partial charge in [-0.2, -0.15) is 0 Å². The van der Waals surface area contributed by atoms with Crippen molar-refractivity contribution in [1.29, 1.82) is 0 Å². The molecule has 0 fully saturated rings. The molecule has 0 aliphatic heterocycles. The Morgan fingerprint density at radius 1 is 0.295 bits per heavy atom. The molecule has 0 saturated heterocycles. The molecule has 0 bridgehead atoms. The second-order valence-electron chi connectivity index (χ2n) is 20.4. The summed E-state index contributed by atoms with van der Waals surface area (Å²) in [5, 5.41) is 9.68. The van der Waals surface area contributed by atoms with Gasteiger partial charge in [-0.1, -0.05) is 287 Å². The zero-order chi connectivity index (χ0) is 56.2. The van der Waals surface area contributed by atoms with Crippen LogP contribution >= 0.6 is 0 Å². The predicted octanol–water partition coefficient (Wildman–Crippen LogP) is 22.1. The fourth-order valence-corrected chi connectivity index (χ4v) is 8.34. The Labute approximate surface area is 481 Å². The van der Waals surface area contributed by atoms with Gasteiger partial charge >= 0.3 is 11.9 Å². The monoisotopic (exact) mass is 1070 g/mol. The molecule has 0 radical (unpaired) electrons. The van der Waals surface area contributed by atoms with Gasteiger partial charge < -0.3 is 14.6 Å². The molecular formula is C73H116O5. The van der Waals surface area contributed by atoms with Crippen LogP contribution in [-0.4, -0.2) is 36.4 Å². The van der Waals surface area contributed by atoms with E-state index in [0.717, 1.165) is 122 Å². The van der Waals surface area contributed by atoms with Gasteiger partial charge in [-0.3, -0.25) is 9.59 Å². The zero-order valence-corrected chi connectivity index (χ0v) is 50.1. The average Bonchev–Trinajstić information content (AvgIpc) is 3.44. The van der Waals surface area contributed by atoms with Gasteiger partial charge in [0.1, 0.15) is 6.61 Å². The van der Waals surface area contributed by atoms with Crippen LogP contribution in [0.4, 0.5) is 0 Å². The van der Waals surface area contributed by atoms with E-state index in [0.29, 0.717) is 12.8 Å². The second-order valence-corrected chi connectivity index (χ2v) is 20.4. The van der Waals surface area contributed by atoms with Gasteiger partial charge in [-0.25, -0.2) is 0 Å². The highest BCUT2D eigenvalue weighted by Gasteiger charge is 2.16. The van der Waals surface area contributed by atoms with E-state index >= 15 is 0 Å². The first kappa shape index (κ1) is 73.3. The maximum atomic E-state index is 12.3. The summed E-state index contributed by atoms with van der Waals surface area (Å²) >= 11 is 0. The van der Waals surface area contributed by atoms with E-state index in [1.165, 1.54) is 103 Å². The minimum absolute atomic E-state index is 0.0927. The number of hydrogen-bond donors (Lipinski definition) is 1. The highest BCUT2D eigenvalue weighted by atomic mass is 16.6. The third-order valence-corrected chi connectivity index (χ3v) is 13.0. The first-order valence-electron chi connectivity index (χ1n) is 31.7. The van der Waals surface area contributed by atoms with Gasteiger partial charge in [0.25, 0.3) is 0 Å². The van der Waals surface area contributed by atoms with Crippen LogP contribution in [0.2, 0.25) is 0 Å². The molecule has 0 heterocycles. The van der Waals surface area contributed by atoms with E-state index < -0.39 is 6.10 Å². The van der Waals surface area contributed by atoms with Crippen molar-refractivity contribution in [3.8, 4) is 0 Å². The highest BCUT2D eigenvalue weighted by Crippen LogP contribution is 2.16. The molecule has 1 unspecified atom stereocenters. The minimum atomic E-state index is -0.809. The van der Waals surface area contributed by atoms with Crippen molar-refractivity contribution in [1.82, 2.24) is 0 Å². The molecule has 0 saturated carbocycles. The first-order valence-corrected chi connectivity index (χ1v) is 31.7. The number of esters is 2. The van der Waals surface area contributed by atoms with Crippen molar-refractivity contribution in [2.75, 3.05) is 13.2 Å². The lowest BCUT2D eigenvalue weighted by molar-refractivity contribution is -0.161. The third-order valence-electron chi connectivity index (χ3n) is 13.0.